The molecule has 104 valence electrons. The van der Waals surface area contributed by atoms with E-state index in [2.05, 4.69) is 45.7 Å². The van der Waals surface area contributed by atoms with Crippen LogP contribution in [-0.2, 0) is 6.42 Å². The number of likely N-dealkylation sites (N-methyl/N-ethyl adjacent to an activating group) is 1. The number of allylic oxidation sites excluding steroid dienone is 2. The van der Waals surface area contributed by atoms with Crippen LogP contribution in [-0.4, -0.2) is 26.9 Å². The van der Waals surface area contributed by atoms with Crippen molar-refractivity contribution in [3.8, 4) is 0 Å². The van der Waals surface area contributed by atoms with E-state index in [1.165, 1.54) is 28.1 Å². The minimum atomic E-state index is 1.08. The van der Waals surface area contributed by atoms with Gasteiger partial charge in [-0.2, -0.15) is 0 Å². The Hall–Kier alpha value is -2.03. The van der Waals surface area contributed by atoms with Gasteiger partial charge in [0.25, 0.3) is 0 Å². The van der Waals surface area contributed by atoms with Gasteiger partial charge in [-0.1, -0.05) is 18.2 Å². The quantitative estimate of drug-likeness (QED) is 0.853. The molecule has 0 amide bonds. The first-order chi connectivity index (χ1) is 9.83. The predicted octanol–water partition coefficient (Wildman–Crippen LogP) is 2.90. The normalized spacial score (nSPS) is 20.3. The highest BCUT2D eigenvalue weighted by molar-refractivity contribution is 5.82. The van der Waals surface area contributed by atoms with Crippen LogP contribution in [0.1, 0.15) is 18.4 Å². The Labute approximate surface area is 120 Å². The molecule has 0 radical (unpaired) electrons. The number of rotatable bonds is 3. The Morgan fingerprint density at radius 2 is 2.05 bits per heavy atom. The largest absolute Gasteiger partial charge is 0.388 e. The lowest BCUT2D eigenvalue weighted by atomic mass is 10.2. The number of aliphatic imine (C=N–C) groups is 1. The summed E-state index contributed by atoms with van der Waals surface area (Å²) in [6.07, 6.45) is 7.60. The number of nitrogens with zero attached hydrogens (tertiary/aromatic N) is 2. The maximum Gasteiger partial charge on any atom is 0.0439 e. The van der Waals surface area contributed by atoms with Crippen molar-refractivity contribution in [2.75, 3.05) is 25.5 Å². The van der Waals surface area contributed by atoms with Gasteiger partial charge in [0.05, 0.1) is 0 Å². The van der Waals surface area contributed by atoms with Crippen LogP contribution < -0.4 is 10.2 Å². The molecule has 3 nitrogen and oxygen atoms in total. The average Bonchev–Trinajstić information content (AvgIpc) is 3.05. The maximum absolute atomic E-state index is 4.15. The highest BCUT2D eigenvalue weighted by Crippen LogP contribution is 2.33. The van der Waals surface area contributed by atoms with Gasteiger partial charge >= 0.3 is 0 Å². The van der Waals surface area contributed by atoms with Gasteiger partial charge in [0.15, 0.2) is 0 Å². The van der Waals surface area contributed by atoms with E-state index in [-0.39, 0.29) is 0 Å². The standard InChI is InChI=1S/C17H21N3/c1-18-11-14-7-8-15(17(14)19-2)12-20-10-9-13-5-3-4-6-16(13)20/h3-6,11-12,19H,7-10H2,1-2H3. The summed E-state index contributed by atoms with van der Waals surface area (Å²) in [4.78, 5) is 6.54. The lowest BCUT2D eigenvalue weighted by molar-refractivity contribution is 0.944. The molecule has 20 heavy (non-hydrogen) atoms. The lowest BCUT2D eigenvalue weighted by Crippen LogP contribution is -2.15. The molecule has 1 aromatic carbocycles. The molecule has 0 saturated carbocycles. The summed E-state index contributed by atoms with van der Waals surface area (Å²) in [7, 11) is 3.83. The Morgan fingerprint density at radius 1 is 1.20 bits per heavy atom. The summed E-state index contributed by atoms with van der Waals surface area (Å²) in [5, 5.41) is 3.34. The van der Waals surface area contributed by atoms with Crippen LogP contribution in [0.15, 0.2) is 52.3 Å². The maximum atomic E-state index is 4.15. The Bertz CT molecular complexity index is 596. The number of nitrogens with one attached hydrogen (secondary N) is 1. The smallest absolute Gasteiger partial charge is 0.0439 e. The minimum Gasteiger partial charge on any atom is -0.388 e. The molecule has 0 fully saturated rings. The molecule has 0 atom stereocenters. The monoisotopic (exact) mass is 267 g/mol. The third-order valence-electron chi connectivity index (χ3n) is 4.08. The zero-order chi connectivity index (χ0) is 13.9. The highest BCUT2D eigenvalue weighted by atomic mass is 15.1. The van der Waals surface area contributed by atoms with E-state index < -0.39 is 0 Å². The van der Waals surface area contributed by atoms with Gasteiger partial charge in [0.2, 0.25) is 0 Å². The molecule has 0 saturated heterocycles. The summed E-state index contributed by atoms with van der Waals surface area (Å²) < 4.78 is 0. The Balaban J connectivity index is 1.91. The van der Waals surface area contributed by atoms with Crippen molar-refractivity contribution in [3.63, 3.8) is 0 Å². The Morgan fingerprint density at radius 3 is 2.85 bits per heavy atom. The van der Waals surface area contributed by atoms with E-state index in [1.807, 2.05) is 20.3 Å². The van der Waals surface area contributed by atoms with E-state index in [0.29, 0.717) is 0 Å². The van der Waals surface area contributed by atoms with Gasteiger partial charge in [-0.05, 0) is 42.0 Å². The van der Waals surface area contributed by atoms with Crippen LogP contribution in [0, 0.1) is 0 Å². The molecule has 3 heteroatoms. The summed E-state index contributed by atoms with van der Waals surface area (Å²) in [5.74, 6) is 0. The molecular weight excluding hydrogens is 246 g/mol. The van der Waals surface area contributed by atoms with Crippen LogP contribution in [0.5, 0.6) is 0 Å². The van der Waals surface area contributed by atoms with Gasteiger partial charge in [-0.3, -0.25) is 4.99 Å². The fourth-order valence-electron chi connectivity index (χ4n) is 3.15. The third kappa shape index (κ3) is 2.24. The summed E-state index contributed by atoms with van der Waals surface area (Å²) in [5.41, 5.74) is 6.76. The van der Waals surface area contributed by atoms with Crippen molar-refractivity contribution in [2.45, 2.75) is 19.3 Å². The number of para-hydroxylation sites is 1. The Kier molecular flexibility index (Phi) is 3.59. The SMILES string of the molecule is CN=CC1=C(NC)C(=CN2CCc3ccccc32)CC1. The van der Waals surface area contributed by atoms with Crippen molar-refractivity contribution in [1.29, 1.82) is 0 Å². The third-order valence-corrected chi connectivity index (χ3v) is 4.08. The van der Waals surface area contributed by atoms with E-state index >= 15 is 0 Å². The fourth-order valence-corrected chi connectivity index (χ4v) is 3.15. The molecule has 0 aromatic heterocycles. The molecule has 2 aliphatic rings. The first-order valence-electron chi connectivity index (χ1n) is 7.22. The number of hydrogen-bond donors (Lipinski definition) is 1. The van der Waals surface area contributed by atoms with Gasteiger partial charge in [0.1, 0.15) is 0 Å². The molecule has 1 aliphatic carbocycles. The van der Waals surface area contributed by atoms with Crippen LogP contribution in [0.25, 0.3) is 0 Å². The molecule has 1 heterocycles. The van der Waals surface area contributed by atoms with Crippen molar-refractivity contribution in [2.24, 2.45) is 4.99 Å². The van der Waals surface area contributed by atoms with Crippen LogP contribution in [0.3, 0.4) is 0 Å². The zero-order valence-electron chi connectivity index (χ0n) is 12.2. The number of hydrogen-bond acceptors (Lipinski definition) is 3. The lowest BCUT2D eigenvalue weighted by Gasteiger charge is -2.16. The van der Waals surface area contributed by atoms with Crippen LogP contribution in [0.4, 0.5) is 5.69 Å². The zero-order valence-corrected chi connectivity index (χ0v) is 12.2. The second-order valence-electron chi connectivity index (χ2n) is 5.26. The average molecular weight is 267 g/mol. The van der Waals surface area contributed by atoms with E-state index in [9.17, 15) is 0 Å². The molecule has 0 bridgehead atoms. The van der Waals surface area contributed by atoms with E-state index in [0.717, 1.165) is 25.8 Å². The second-order valence-corrected chi connectivity index (χ2v) is 5.26. The first-order valence-corrected chi connectivity index (χ1v) is 7.22. The summed E-state index contributed by atoms with van der Waals surface area (Å²) >= 11 is 0. The van der Waals surface area contributed by atoms with Gasteiger partial charge < -0.3 is 10.2 Å². The van der Waals surface area contributed by atoms with Crippen molar-refractivity contribution >= 4 is 11.9 Å². The van der Waals surface area contributed by atoms with Crippen molar-refractivity contribution in [1.82, 2.24) is 5.32 Å². The van der Waals surface area contributed by atoms with Crippen molar-refractivity contribution < 1.29 is 0 Å². The van der Waals surface area contributed by atoms with Gasteiger partial charge in [-0.15, -0.1) is 0 Å². The number of anilines is 1. The topological polar surface area (TPSA) is 27.6 Å². The van der Waals surface area contributed by atoms with Gasteiger partial charge in [-0.25, -0.2) is 0 Å². The van der Waals surface area contributed by atoms with Crippen LogP contribution >= 0.6 is 0 Å². The van der Waals surface area contributed by atoms with E-state index in [1.54, 1.807) is 0 Å². The highest BCUT2D eigenvalue weighted by Gasteiger charge is 2.21. The fraction of sp³-hybridized carbons (Fsp3) is 0.353. The van der Waals surface area contributed by atoms with Crippen molar-refractivity contribution in [3.05, 3.63) is 52.9 Å². The molecule has 0 spiro atoms. The molecule has 1 aromatic rings. The second kappa shape index (κ2) is 5.53. The van der Waals surface area contributed by atoms with Crippen LogP contribution in [0.2, 0.25) is 0 Å². The molecule has 1 N–H and O–H groups in total. The molecule has 1 aliphatic heterocycles. The van der Waals surface area contributed by atoms with E-state index in [4.69, 9.17) is 0 Å². The number of fused-ring (bicyclic) bond motifs is 1. The summed E-state index contributed by atoms with van der Waals surface area (Å²) in [6.45, 7) is 1.08. The summed E-state index contributed by atoms with van der Waals surface area (Å²) in [6, 6.07) is 8.69. The minimum absolute atomic E-state index is 1.08. The molecular formula is C17H21N3. The number of benzene rings is 1. The first kappa shape index (κ1) is 13.0. The molecule has 0 unspecified atom stereocenters. The predicted molar refractivity (Wildman–Crippen MR) is 85.3 cm³/mol. The van der Waals surface area contributed by atoms with Gasteiger partial charge in [0, 0.05) is 44.4 Å². The molecule has 3 rings (SSSR count).